The molecular formula is C9H14O. The van der Waals surface area contributed by atoms with Gasteiger partial charge < -0.3 is 0 Å². The van der Waals surface area contributed by atoms with Crippen molar-refractivity contribution in [2.45, 2.75) is 32.6 Å². The molecule has 0 saturated heterocycles. The van der Waals surface area contributed by atoms with Crippen LogP contribution in [0.2, 0.25) is 0 Å². The van der Waals surface area contributed by atoms with E-state index in [1.165, 1.54) is 24.8 Å². The second-order valence-corrected chi connectivity index (χ2v) is 3.02. The molecule has 0 radical (unpaired) electrons. The van der Waals surface area contributed by atoms with E-state index < -0.39 is 0 Å². The van der Waals surface area contributed by atoms with Gasteiger partial charge in [0.2, 0.25) is 0 Å². The Balaban J connectivity index is 2.55. The Morgan fingerprint density at radius 3 is 2.90 bits per heavy atom. The van der Waals surface area contributed by atoms with Crippen molar-refractivity contribution in [2.24, 2.45) is 5.92 Å². The van der Waals surface area contributed by atoms with Gasteiger partial charge in [-0.2, -0.15) is 0 Å². The highest BCUT2D eigenvalue weighted by Crippen LogP contribution is 2.27. The first-order valence-corrected chi connectivity index (χ1v) is 3.99. The van der Waals surface area contributed by atoms with Crippen LogP contribution in [-0.4, -0.2) is 6.29 Å². The molecule has 0 unspecified atom stereocenters. The normalized spacial score (nSPS) is 30.5. The molecule has 1 heteroatoms. The van der Waals surface area contributed by atoms with E-state index >= 15 is 0 Å². The minimum Gasteiger partial charge on any atom is -0.299 e. The van der Waals surface area contributed by atoms with Gasteiger partial charge in [0.15, 0.2) is 0 Å². The van der Waals surface area contributed by atoms with Crippen molar-refractivity contribution in [3.05, 3.63) is 11.6 Å². The van der Waals surface area contributed by atoms with Gasteiger partial charge in [0.25, 0.3) is 0 Å². The van der Waals surface area contributed by atoms with E-state index in [1.54, 1.807) is 6.08 Å². The van der Waals surface area contributed by atoms with E-state index in [0.717, 1.165) is 12.7 Å². The molecule has 0 aromatic carbocycles. The van der Waals surface area contributed by atoms with Gasteiger partial charge in [-0.3, -0.25) is 4.79 Å². The molecule has 0 N–H and O–H groups in total. The molecule has 1 saturated carbocycles. The molecule has 0 aromatic heterocycles. The third kappa shape index (κ3) is 1.69. The average Bonchev–Trinajstić information content (AvgIpc) is 1.94. The van der Waals surface area contributed by atoms with Crippen LogP contribution in [0.4, 0.5) is 0 Å². The molecule has 0 aliphatic heterocycles. The minimum absolute atomic E-state index is 0.652. The summed E-state index contributed by atoms with van der Waals surface area (Å²) in [6, 6.07) is 0. The first-order valence-electron chi connectivity index (χ1n) is 3.99. The summed E-state index contributed by atoms with van der Waals surface area (Å²) in [7, 11) is 0. The van der Waals surface area contributed by atoms with Crippen LogP contribution < -0.4 is 0 Å². The maximum absolute atomic E-state index is 10.1. The summed E-state index contributed by atoms with van der Waals surface area (Å²) in [5.41, 5.74) is 1.35. The van der Waals surface area contributed by atoms with E-state index in [9.17, 15) is 4.79 Å². The van der Waals surface area contributed by atoms with Crippen LogP contribution in [0, 0.1) is 5.92 Å². The number of hydrogen-bond acceptors (Lipinski definition) is 1. The van der Waals surface area contributed by atoms with Crippen LogP contribution >= 0.6 is 0 Å². The summed E-state index contributed by atoms with van der Waals surface area (Å²) in [5, 5.41) is 0. The lowest BCUT2D eigenvalue weighted by atomic mass is 9.85. The molecule has 1 fully saturated rings. The SMILES string of the molecule is C[C@H]1CCCC/C1=C\C=O. The Labute approximate surface area is 62.1 Å². The van der Waals surface area contributed by atoms with E-state index in [1.807, 2.05) is 0 Å². The zero-order valence-electron chi connectivity index (χ0n) is 6.47. The van der Waals surface area contributed by atoms with Gasteiger partial charge in [-0.1, -0.05) is 18.9 Å². The highest BCUT2D eigenvalue weighted by Gasteiger charge is 2.12. The molecule has 10 heavy (non-hydrogen) atoms. The second kappa shape index (κ2) is 3.55. The predicted molar refractivity (Wildman–Crippen MR) is 41.8 cm³/mol. The highest BCUT2D eigenvalue weighted by atomic mass is 16.1. The molecular weight excluding hydrogens is 124 g/mol. The highest BCUT2D eigenvalue weighted by molar-refractivity contribution is 5.66. The molecule has 1 aliphatic carbocycles. The van der Waals surface area contributed by atoms with Crippen molar-refractivity contribution in [3.63, 3.8) is 0 Å². The number of rotatable bonds is 1. The van der Waals surface area contributed by atoms with Crippen molar-refractivity contribution in [1.82, 2.24) is 0 Å². The van der Waals surface area contributed by atoms with Crippen molar-refractivity contribution < 1.29 is 4.79 Å². The van der Waals surface area contributed by atoms with Crippen molar-refractivity contribution in [3.8, 4) is 0 Å². The molecule has 1 nitrogen and oxygen atoms in total. The van der Waals surface area contributed by atoms with Gasteiger partial charge in [-0.05, 0) is 31.3 Å². The topological polar surface area (TPSA) is 17.1 Å². The van der Waals surface area contributed by atoms with Crippen molar-refractivity contribution in [1.29, 1.82) is 0 Å². The van der Waals surface area contributed by atoms with Gasteiger partial charge in [0.05, 0.1) is 0 Å². The van der Waals surface area contributed by atoms with Crippen LogP contribution in [0.15, 0.2) is 11.6 Å². The van der Waals surface area contributed by atoms with Crippen LogP contribution in [0.1, 0.15) is 32.6 Å². The largest absolute Gasteiger partial charge is 0.299 e. The van der Waals surface area contributed by atoms with Crippen LogP contribution in [0.5, 0.6) is 0 Å². The molecule has 0 aromatic rings. The van der Waals surface area contributed by atoms with Gasteiger partial charge in [-0.25, -0.2) is 0 Å². The Bertz CT molecular complexity index is 147. The number of allylic oxidation sites excluding steroid dienone is 2. The molecule has 0 bridgehead atoms. The Kier molecular flexibility index (Phi) is 2.67. The third-order valence-electron chi connectivity index (χ3n) is 2.27. The zero-order valence-corrected chi connectivity index (χ0v) is 6.47. The molecule has 0 amide bonds. The Morgan fingerprint density at radius 1 is 1.50 bits per heavy atom. The maximum Gasteiger partial charge on any atom is 0.142 e. The summed E-state index contributed by atoms with van der Waals surface area (Å²) >= 11 is 0. The first kappa shape index (κ1) is 7.52. The summed E-state index contributed by atoms with van der Waals surface area (Å²) in [6.45, 7) is 2.20. The fourth-order valence-electron chi connectivity index (χ4n) is 1.55. The summed E-state index contributed by atoms with van der Waals surface area (Å²) < 4.78 is 0. The molecule has 0 spiro atoms. The predicted octanol–water partition coefficient (Wildman–Crippen LogP) is 2.32. The summed E-state index contributed by atoms with van der Waals surface area (Å²) in [6.07, 6.45) is 7.65. The fourth-order valence-corrected chi connectivity index (χ4v) is 1.55. The van der Waals surface area contributed by atoms with E-state index in [-0.39, 0.29) is 0 Å². The lowest BCUT2D eigenvalue weighted by Gasteiger charge is -2.20. The molecule has 0 heterocycles. The standard InChI is InChI=1S/C9H14O/c1-8-4-2-3-5-9(8)6-7-10/h6-8H,2-5H2,1H3/b9-6+/t8-/m0/s1. The minimum atomic E-state index is 0.652. The zero-order chi connectivity index (χ0) is 7.40. The van der Waals surface area contributed by atoms with Crippen LogP contribution in [0.25, 0.3) is 0 Å². The van der Waals surface area contributed by atoms with E-state index in [2.05, 4.69) is 6.92 Å². The lowest BCUT2D eigenvalue weighted by molar-refractivity contribution is -0.104. The molecule has 1 rings (SSSR count). The average molecular weight is 138 g/mol. The van der Waals surface area contributed by atoms with Gasteiger partial charge >= 0.3 is 0 Å². The summed E-state index contributed by atoms with van der Waals surface area (Å²) in [4.78, 5) is 10.1. The first-order chi connectivity index (χ1) is 4.84. The van der Waals surface area contributed by atoms with E-state index in [4.69, 9.17) is 0 Å². The van der Waals surface area contributed by atoms with Gasteiger partial charge in [-0.15, -0.1) is 0 Å². The molecule has 1 aliphatic rings. The third-order valence-corrected chi connectivity index (χ3v) is 2.27. The second-order valence-electron chi connectivity index (χ2n) is 3.02. The van der Waals surface area contributed by atoms with Gasteiger partial charge in [0, 0.05) is 0 Å². The Morgan fingerprint density at radius 2 is 2.30 bits per heavy atom. The number of carbonyl (C=O) groups excluding carboxylic acids is 1. The lowest BCUT2D eigenvalue weighted by Crippen LogP contribution is -2.05. The van der Waals surface area contributed by atoms with Gasteiger partial charge in [0.1, 0.15) is 6.29 Å². The number of hydrogen-bond donors (Lipinski definition) is 0. The maximum atomic E-state index is 10.1. The van der Waals surface area contributed by atoms with Crippen molar-refractivity contribution in [2.75, 3.05) is 0 Å². The Hall–Kier alpha value is -0.590. The van der Waals surface area contributed by atoms with E-state index in [0.29, 0.717) is 5.92 Å². The quantitative estimate of drug-likeness (QED) is 0.401. The molecule has 56 valence electrons. The number of carbonyl (C=O) groups is 1. The number of aldehydes is 1. The molecule has 1 atom stereocenters. The fraction of sp³-hybridized carbons (Fsp3) is 0.667. The summed E-state index contributed by atoms with van der Waals surface area (Å²) in [5.74, 6) is 0.652. The van der Waals surface area contributed by atoms with Crippen molar-refractivity contribution >= 4 is 6.29 Å². The monoisotopic (exact) mass is 138 g/mol. The smallest absolute Gasteiger partial charge is 0.142 e. The van der Waals surface area contributed by atoms with Crippen LogP contribution in [-0.2, 0) is 4.79 Å². The van der Waals surface area contributed by atoms with Crippen LogP contribution in [0.3, 0.4) is 0 Å².